The summed E-state index contributed by atoms with van der Waals surface area (Å²) in [5.74, 6) is 2.67. The standard InChI is InChI=1S/C19H30N6S.HI/c1-4-19(9-6-10-19)14-22-18(20-11-8-16-7-5-12-26-16)21-13-17-24-23-15(2)25(17)3;/h5,7,12H,4,6,8-11,13-14H2,1-3H3,(H2,20,21,22);1H. The molecule has 0 atom stereocenters. The van der Waals surface area contributed by atoms with Gasteiger partial charge in [-0.2, -0.15) is 0 Å². The van der Waals surface area contributed by atoms with E-state index in [2.05, 4.69) is 45.3 Å². The average Bonchev–Trinajstić information content (AvgIpc) is 3.23. The Hall–Kier alpha value is -1.16. The normalized spacial score (nSPS) is 15.7. The first-order valence-electron chi connectivity index (χ1n) is 9.51. The van der Waals surface area contributed by atoms with Gasteiger partial charge in [0.05, 0.1) is 0 Å². The van der Waals surface area contributed by atoms with Crippen LogP contribution in [0.2, 0.25) is 0 Å². The second-order valence-corrected chi connectivity index (χ2v) is 8.24. The summed E-state index contributed by atoms with van der Waals surface area (Å²) in [5.41, 5.74) is 0.456. The van der Waals surface area contributed by atoms with Crippen molar-refractivity contribution in [1.29, 1.82) is 0 Å². The molecular weight excluding hydrogens is 471 g/mol. The Morgan fingerprint density at radius 2 is 2.15 bits per heavy atom. The van der Waals surface area contributed by atoms with Crippen LogP contribution >= 0.6 is 35.3 Å². The summed E-state index contributed by atoms with van der Waals surface area (Å²) < 4.78 is 1.99. The molecule has 1 aliphatic carbocycles. The molecule has 150 valence electrons. The quantitative estimate of drug-likeness (QED) is 0.329. The number of aromatic nitrogens is 3. The Balaban J connectivity index is 0.00000261. The molecule has 0 aromatic carbocycles. The number of aliphatic imine (C=N–C) groups is 1. The molecule has 0 bridgehead atoms. The van der Waals surface area contributed by atoms with E-state index in [0.29, 0.717) is 12.0 Å². The van der Waals surface area contributed by atoms with Crippen LogP contribution in [0, 0.1) is 12.3 Å². The number of hydrogen-bond donors (Lipinski definition) is 2. The van der Waals surface area contributed by atoms with Crippen LogP contribution in [-0.4, -0.2) is 33.8 Å². The molecular formula is C19H31IN6S. The summed E-state index contributed by atoms with van der Waals surface area (Å²) in [6.07, 6.45) is 6.24. The van der Waals surface area contributed by atoms with Crippen molar-refractivity contribution in [2.45, 2.75) is 52.5 Å². The zero-order valence-corrected chi connectivity index (χ0v) is 19.6. The van der Waals surface area contributed by atoms with E-state index >= 15 is 0 Å². The molecule has 0 radical (unpaired) electrons. The van der Waals surface area contributed by atoms with Crippen LogP contribution in [0.25, 0.3) is 0 Å². The lowest BCUT2D eigenvalue weighted by molar-refractivity contribution is 0.131. The molecule has 0 unspecified atom stereocenters. The molecule has 1 saturated carbocycles. The SMILES string of the molecule is CCC1(CNC(=NCc2nnc(C)n2C)NCCc2cccs2)CCC1.I. The van der Waals surface area contributed by atoms with Gasteiger partial charge < -0.3 is 15.2 Å². The van der Waals surface area contributed by atoms with Crippen LogP contribution in [0.15, 0.2) is 22.5 Å². The van der Waals surface area contributed by atoms with Gasteiger partial charge in [0.2, 0.25) is 0 Å². The minimum atomic E-state index is 0. The molecule has 0 spiro atoms. The molecule has 1 aliphatic rings. The molecule has 1 fully saturated rings. The van der Waals surface area contributed by atoms with E-state index in [-0.39, 0.29) is 24.0 Å². The van der Waals surface area contributed by atoms with Gasteiger partial charge in [-0.25, -0.2) is 4.99 Å². The van der Waals surface area contributed by atoms with E-state index in [1.54, 1.807) is 11.3 Å². The average molecular weight is 502 g/mol. The topological polar surface area (TPSA) is 67.1 Å². The Labute approximate surface area is 183 Å². The van der Waals surface area contributed by atoms with Crippen LogP contribution in [-0.2, 0) is 20.0 Å². The third kappa shape index (κ3) is 5.91. The lowest BCUT2D eigenvalue weighted by Gasteiger charge is -2.41. The fourth-order valence-corrected chi connectivity index (χ4v) is 3.98. The molecule has 2 N–H and O–H groups in total. The van der Waals surface area contributed by atoms with Crippen LogP contribution in [0.3, 0.4) is 0 Å². The lowest BCUT2D eigenvalue weighted by Crippen LogP contribution is -2.46. The minimum absolute atomic E-state index is 0. The van der Waals surface area contributed by atoms with Crippen LogP contribution in [0.1, 0.15) is 49.1 Å². The van der Waals surface area contributed by atoms with E-state index < -0.39 is 0 Å². The number of thiophene rings is 1. The Bertz CT molecular complexity index is 715. The van der Waals surface area contributed by atoms with Crippen LogP contribution in [0.4, 0.5) is 0 Å². The summed E-state index contributed by atoms with van der Waals surface area (Å²) in [4.78, 5) is 6.15. The third-order valence-electron chi connectivity index (χ3n) is 5.60. The van der Waals surface area contributed by atoms with Gasteiger partial charge in [0.25, 0.3) is 0 Å². The first-order valence-corrected chi connectivity index (χ1v) is 10.4. The molecule has 0 aliphatic heterocycles. The number of nitrogens with one attached hydrogen (secondary N) is 2. The fraction of sp³-hybridized carbons (Fsp3) is 0.632. The lowest BCUT2D eigenvalue weighted by atomic mass is 9.67. The van der Waals surface area contributed by atoms with Crippen molar-refractivity contribution in [3.8, 4) is 0 Å². The van der Waals surface area contributed by atoms with Crippen LogP contribution in [0.5, 0.6) is 0 Å². The van der Waals surface area contributed by atoms with Gasteiger partial charge in [0.15, 0.2) is 11.8 Å². The number of nitrogens with zero attached hydrogens (tertiary/aromatic N) is 4. The molecule has 2 heterocycles. The van der Waals surface area contributed by atoms with Gasteiger partial charge in [0, 0.05) is 25.0 Å². The monoisotopic (exact) mass is 502 g/mol. The van der Waals surface area contributed by atoms with Crippen molar-refractivity contribution < 1.29 is 0 Å². The summed E-state index contributed by atoms with van der Waals surface area (Å²) >= 11 is 1.80. The third-order valence-corrected chi connectivity index (χ3v) is 6.54. The van der Waals surface area contributed by atoms with Gasteiger partial charge in [-0.1, -0.05) is 19.4 Å². The van der Waals surface area contributed by atoms with Crippen molar-refractivity contribution in [3.05, 3.63) is 34.0 Å². The molecule has 3 rings (SSSR count). The highest BCUT2D eigenvalue weighted by Gasteiger charge is 2.34. The highest BCUT2D eigenvalue weighted by molar-refractivity contribution is 14.0. The molecule has 2 aromatic heterocycles. The predicted octanol–water partition coefficient (Wildman–Crippen LogP) is 3.66. The molecule has 27 heavy (non-hydrogen) atoms. The molecule has 2 aromatic rings. The first kappa shape index (κ1) is 22.1. The second-order valence-electron chi connectivity index (χ2n) is 7.20. The smallest absolute Gasteiger partial charge is 0.191 e. The Morgan fingerprint density at radius 1 is 1.33 bits per heavy atom. The summed E-state index contributed by atoms with van der Waals surface area (Å²) in [6.45, 7) is 6.66. The van der Waals surface area contributed by atoms with Gasteiger partial charge in [-0.3, -0.25) is 0 Å². The molecule has 0 amide bonds. The number of rotatable bonds is 8. The number of guanidine groups is 1. The van der Waals surface area contributed by atoms with Crippen molar-refractivity contribution in [1.82, 2.24) is 25.4 Å². The predicted molar refractivity (Wildman–Crippen MR) is 123 cm³/mol. The van der Waals surface area contributed by atoms with Crippen molar-refractivity contribution >= 4 is 41.3 Å². The minimum Gasteiger partial charge on any atom is -0.356 e. The highest BCUT2D eigenvalue weighted by Crippen LogP contribution is 2.42. The Kier molecular flexibility index (Phi) is 8.53. The maximum absolute atomic E-state index is 4.76. The number of aryl methyl sites for hydroxylation is 1. The summed E-state index contributed by atoms with van der Waals surface area (Å²) in [5, 5.41) is 17.5. The maximum atomic E-state index is 4.76. The van der Waals surface area contributed by atoms with E-state index in [0.717, 1.165) is 37.1 Å². The van der Waals surface area contributed by atoms with Gasteiger partial charge >= 0.3 is 0 Å². The maximum Gasteiger partial charge on any atom is 0.191 e. The van der Waals surface area contributed by atoms with Crippen LogP contribution < -0.4 is 10.6 Å². The van der Waals surface area contributed by atoms with Crippen molar-refractivity contribution in [2.75, 3.05) is 13.1 Å². The number of hydrogen-bond acceptors (Lipinski definition) is 4. The van der Waals surface area contributed by atoms with E-state index in [1.807, 2.05) is 18.5 Å². The van der Waals surface area contributed by atoms with E-state index in [1.165, 1.54) is 30.6 Å². The fourth-order valence-electron chi connectivity index (χ4n) is 3.28. The van der Waals surface area contributed by atoms with Gasteiger partial charge in [-0.15, -0.1) is 45.5 Å². The summed E-state index contributed by atoms with van der Waals surface area (Å²) in [7, 11) is 1.98. The van der Waals surface area contributed by atoms with Crippen molar-refractivity contribution in [3.63, 3.8) is 0 Å². The van der Waals surface area contributed by atoms with Crippen molar-refractivity contribution in [2.24, 2.45) is 17.5 Å². The zero-order chi connectivity index (χ0) is 18.4. The summed E-state index contributed by atoms with van der Waals surface area (Å²) in [6, 6.07) is 4.28. The first-order chi connectivity index (χ1) is 12.6. The zero-order valence-electron chi connectivity index (χ0n) is 16.5. The van der Waals surface area contributed by atoms with E-state index in [9.17, 15) is 0 Å². The van der Waals surface area contributed by atoms with E-state index in [4.69, 9.17) is 4.99 Å². The second kappa shape index (κ2) is 10.4. The number of halogens is 1. The van der Waals surface area contributed by atoms with Gasteiger partial charge in [0.1, 0.15) is 12.4 Å². The molecule has 8 heteroatoms. The largest absolute Gasteiger partial charge is 0.356 e. The molecule has 0 saturated heterocycles. The van der Waals surface area contributed by atoms with Gasteiger partial charge in [-0.05, 0) is 49.5 Å². The Morgan fingerprint density at radius 3 is 2.70 bits per heavy atom. The highest BCUT2D eigenvalue weighted by atomic mass is 127. The molecule has 6 nitrogen and oxygen atoms in total.